The molecule has 3 aromatic carbocycles. The average Bonchev–Trinajstić information content (AvgIpc) is 3.05. The number of pyridine rings is 1. The Morgan fingerprint density at radius 3 is 1.83 bits per heavy atom. The van der Waals surface area contributed by atoms with E-state index in [1.54, 1.807) is 0 Å². The van der Waals surface area contributed by atoms with Crippen molar-refractivity contribution in [3.8, 4) is 11.3 Å². The van der Waals surface area contributed by atoms with Gasteiger partial charge in [0, 0.05) is 38.3 Å². The number of aliphatic hydroxyl groups excluding tert-OH is 1. The summed E-state index contributed by atoms with van der Waals surface area (Å²) in [4.78, 5) is 8.50. The molecule has 1 fully saturated rings. The first-order valence-electron chi connectivity index (χ1n) is 15.2. The molecule has 2 N–H and O–H groups in total. The number of nitrogens with zero attached hydrogens (tertiary/aromatic N) is 3. The van der Waals surface area contributed by atoms with Crippen molar-refractivity contribution in [1.29, 1.82) is 0 Å². The van der Waals surface area contributed by atoms with E-state index in [9.17, 15) is 31.4 Å². The number of hydrogen-bond acceptors (Lipinski definition) is 5. The quantitative estimate of drug-likeness (QED) is 0.126. The van der Waals surface area contributed by atoms with Gasteiger partial charge in [-0.1, -0.05) is 72.8 Å². The van der Waals surface area contributed by atoms with Gasteiger partial charge >= 0.3 is 12.4 Å². The predicted molar refractivity (Wildman–Crippen MR) is 172 cm³/mol. The van der Waals surface area contributed by atoms with Crippen LogP contribution in [0.3, 0.4) is 0 Å². The van der Waals surface area contributed by atoms with Gasteiger partial charge in [0.2, 0.25) is 0 Å². The van der Waals surface area contributed by atoms with Gasteiger partial charge in [-0.15, -0.1) is 12.4 Å². The minimum Gasteiger partial charge on any atom is -0.387 e. The van der Waals surface area contributed by atoms with Crippen LogP contribution in [-0.4, -0.2) is 65.7 Å². The minimum absolute atomic E-state index is 0. The summed E-state index contributed by atoms with van der Waals surface area (Å²) in [5, 5.41) is 13.8. The first kappa shape index (κ1) is 36.4. The van der Waals surface area contributed by atoms with Gasteiger partial charge in [0.05, 0.1) is 23.4 Å². The molecule has 252 valence electrons. The summed E-state index contributed by atoms with van der Waals surface area (Å²) in [6, 6.07) is 26.9. The summed E-state index contributed by atoms with van der Waals surface area (Å²) in [6.07, 6.45) is -9.85. The highest BCUT2D eigenvalue weighted by atomic mass is 35.5. The maximum atomic E-state index is 13.6. The van der Waals surface area contributed by atoms with Crippen LogP contribution in [0.4, 0.5) is 26.3 Å². The van der Waals surface area contributed by atoms with Gasteiger partial charge in [-0.05, 0) is 60.5 Å². The molecular weight excluding hydrogens is 642 g/mol. The van der Waals surface area contributed by atoms with Gasteiger partial charge in [-0.25, -0.2) is 4.98 Å². The molecule has 1 aliphatic heterocycles. The summed E-state index contributed by atoms with van der Waals surface area (Å²) >= 11 is 0. The molecule has 12 heteroatoms. The van der Waals surface area contributed by atoms with E-state index in [1.807, 2.05) is 12.1 Å². The van der Waals surface area contributed by atoms with E-state index in [0.29, 0.717) is 6.54 Å². The molecule has 5 nitrogen and oxygen atoms in total. The second kappa shape index (κ2) is 16.1. The van der Waals surface area contributed by atoms with Crippen LogP contribution in [0.25, 0.3) is 11.3 Å². The Morgan fingerprint density at radius 1 is 0.723 bits per heavy atom. The zero-order valence-corrected chi connectivity index (χ0v) is 26.3. The highest BCUT2D eigenvalue weighted by Crippen LogP contribution is 2.34. The summed E-state index contributed by atoms with van der Waals surface area (Å²) in [7, 11) is 0. The molecule has 0 radical (unpaired) electrons. The fourth-order valence-electron chi connectivity index (χ4n) is 5.78. The molecule has 0 aliphatic carbocycles. The predicted octanol–water partition coefficient (Wildman–Crippen LogP) is 7.63. The third-order valence-electron chi connectivity index (χ3n) is 8.20. The first-order valence-corrected chi connectivity index (χ1v) is 15.2. The second-order valence-corrected chi connectivity index (χ2v) is 11.4. The summed E-state index contributed by atoms with van der Waals surface area (Å²) in [6.45, 7) is 5.03. The topological polar surface area (TPSA) is 51.6 Å². The second-order valence-electron chi connectivity index (χ2n) is 11.4. The van der Waals surface area contributed by atoms with Crippen molar-refractivity contribution < 1.29 is 31.4 Å². The van der Waals surface area contributed by atoms with E-state index in [-0.39, 0.29) is 41.8 Å². The van der Waals surface area contributed by atoms with Crippen molar-refractivity contribution in [2.24, 2.45) is 0 Å². The van der Waals surface area contributed by atoms with E-state index >= 15 is 0 Å². The molecule has 0 bridgehead atoms. The molecular formula is C35H37ClF6N4O. The Hall–Kier alpha value is -3.48. The number of piperazine rings is 1. The zero-order chi connectivity index (χ0) is 32.7. The van der Waals surface area contributed by atoms with Gasteiger partial charge in [0.1, 0.15) is 5.69 Å². The lowest BCUT2D eigenvalue weighted by molar-refractivity contribution is -0.141. The zero-order valence-electron chi connectivity index (χ0n) is 25.5. The van der Waals surface area contributed by atoms with E-state index in [1.165, 1.54) is 17.2 Å². The lowest BCUT2D eigenvalue weighted by Crippen LogP contribution is -2.48. The third kappa shape index (κ3) is 9.77. The van der Waals surface area contributed by atoms with Crippen molar-refractivity contribution in [1.82, 2.24) is 20.1 Å². The van der Waals surface area contributed by atoms with Crippen LogP contribution >= 0.6 is 12.4 Å². The van der Waals surface area contributed by atoms with E-state index in [0.717, 1.165) is 69.5 Å². The Labute approximate surface area is 276 Å². The largest absolute Gasteiger partial charge is 0.433 e. The number of alkyl halides is 6. The smallest absolute Gasteiger partial charge is 0.387 e. The number of nitrogens with one attached hydrogen (secondary N) is 1. The van der Waals surface area contributed by atoms with Crippen molar-refractivity contribution in [3.63, 3.8) is 0 Å². The fourth-order valence-corrected chi connectivity index (χ4v) is 5.78. The minimum atomic E-state index is -4.80. The van der Waals surface area contributed by atoms with Crippen LogP contribution in [0, 0.1) is 0 Å². The van der Waals surface area contributed by atoms with Gasteiger partial charge in [-0.2, -0.15) is 26.3 Å². The molecule has 1 saturated heterocycles. The molecule has 1 aliphatic rings. The van der Waals surface area contributed by atoms with Gasteiger partial charge < -0.3 is 15.3 Å². The van der Waals surface area contributed by atoms with Crippen molar-refractivity contribution in [2.75, 3.05) is 45.8 Å². The first-order chi connectivity index (χ1) is 22.0. The van der Waals surface area contributed by atoms with Gasteiger partial charge in [-0.3, -0.25) is 4.90 Å². The van der Waals surface area contributed by atoms with Crippen LogP contribution in [0.5, 0.6) is 0 Å². The van der Waals surface area contributed by atoms with E-state index in [4.69, 9.17) is 0 Å². The van der Waals surface area contributed by atoms with Crippen LogP contribution in [-0.2, 0) is 12.4 Å². The molecule has 0 spiro atoms. The van der Waals surface area contributed by atoms with E-state index in [2.05, 4.69) is 68.6 Å². The van der Waals surface area contributed by atoms with Crippen LogP contribution in [0.1, 0.15) is 46.5 Å². The molecule has 0 amide bonds. The maximum Gasteiger partial charge on any atom is 0.433 e. The van der Waals surface area contributed by atoms with Crippen LogP contribution < -0.4 is 5.32 Å². The Bertz CT molecular complexity index is 1490. The highest BCUT2D eigenvalue weighted by molar-refractivity contribution is 5.85. The third-order valence-corrected chi connectivity index (χ3v) is 8.20. The summed E-state index contributed by atoms with van der Waals surface area (Å²) < 4.78 is 79.6. The average molecular weight is 679 g/mol. The van der Waals surface area contributed by atoms with Crippen LogP contribution in [0.15, 0.2) is 97.1 Å². The lowest BCUT2D eigenvalue weighted by atomic mass is 9.96. The summed E-state index contributed by atoms with van der Waals surface area (Å²) in [5.41, 5.74) is 0.268. The molecule has 0 unspecified atom stereocenters. The Kier molecular flexibility index (Phi) is 12.4. The number of benzene rings is 3. The molecule has 5 rings (SSSR count). The van der Waals surface area contributed by atoms with Crippen molar-refractivity contribution in [2.45, 2.75) is 30.9 Å². The molecule has 0 saturated carbocycles. The Morgan fingerprint density at radius 2 is 1.30 bits per heavy atom. The molecule has 47 heavy (non-hydrogen) atoms. The number of aliphatic hydroxyl groups is 1. The number of halogens is 7. The maximum absolute atomic E-state index is 13.6. The molecule has 1 aromatic heterocycles. The van der Waals surface area contributed by atoms with Crippen LogP contribution in [0.2, 0.25) is 0 Å². The number of hydrogen-bond donors (Lipinski definition) is 2. The van der Waals surface area contributed by atoms with Crippen molar-refractivity contribution in [3.05, 3.63) is 125 Å². The number of aromatic nitrogens is 1. The molecule has 2 heterocycles. The monoisotopic (exact) mass is 678 g/mol. The molecule has 4 aromatic rings. The SMILES string of the molecule is Cl.O[C@@H](CNCCCN1CCN(C(c2ccccc2)c2ccccc2)CC1)c1cc(-c2ccc(C(F)(F)F)cc2)nc(C(F)(F)F)c1. The van der Waals surface area contributed by atoms with Gasteiger partial charge in [0.15, 0.2) is 0 Å². The normalized spacial score (nSPS) is 15.4. The Balaban J connectivity index is 0.00000500. The molecule has 1 atom stereocenters. The summed E-state index contributed by atoms with van der Waals surface area (Å²) in [5.74, 6) is 0. The van der Waals surface area contributed by atoms with Gasteiger partial charge in [0.25, 0.3) is 0 Å². The standard InChI is InChI=1S/C35H36F6N4O.ClH/c36-34(37,38)29-14-12-25(13-15-29)30-22-28(23-32(43-30)35(39,40)41)31(46)24-42-16-7-17-44-18-20-45(21-19-44)33(26-8-3-1-4-9-26)27-10-5-2-6-11-27;/h1-6,8-15,22-23,31,33,42,46H,7,16-21,24H2;1H/t31-;/m0./s1. The lowest BCUT2D eigenvalue weighted by Gasteiger charge is -2.40. The fraction of sp³-hybridized carbons (Fsp3) is 0.343. The van der Waals surface area contributed by atoms with E-state index < -0.39 is 29.7 Å². The van der Waals surface area contributed by atoms with Crippen molar-refractivity contribution >= 4 is 12.4 Å². The highest BCUT2D eigenvalue weighted by Gasteiger charge is 2.34. The number of rotatable bonds is 11.